The largest absolute Gasteiger partial charge is 0.502 e. The lowest BCUT2D eigenvalue weighted by molar-refractivity contribution is -0.140. The number of hydrogen-bond donors (Lipinski definition) is 1. The predicted octanol–water partition coefficient (Wildman–Crippen LogP) is 2.20. The minimum atomic E-state index is -0.776. The molecule has 1 atom stereocenters. The van der Waals surface area contributed by atoms with E-state index in [2.05, 4.69) is 0 Å². The molecule has 1 aromatic carbocycles. The van der Waals surface area contributed by atoms with Crippen molar-refractivity contribution < 1.29 is 33.3 Å². The molecular weight excluding hydrogens is 356 g/mol. The van der Waals surface area contributed by atoms with Gasteiger partial charge in [0.15, 0.2) is 17.3 Å². The van der Waals surface area contributed by atoms with Gasteiger partial charge in [-0.05, 0) is 17.7 Å². The number of benzene rings is 1. The van der Waals surface area contributed by atoms with E-state index >= 15 is 0 Å². The zero-order valence-electron chi connectivity index (χ0n) is 15.6. The van der Waals surface area contributed by atoms with Crippen LogP contribution in [0.15, 0.2) is 33.5 Å². The Hall–Kier alpha value is -3.00. The molecule has 0 aliphatic heterocycles. The Balaban J connectivity index is 2.62. The van der Waals surface area contributed by atoms with Gasteiger partial charge >= 0.3 is 5.97 Å². The lowest BCUT2D eigenvalue weighted by Crippen LogP contribution is -2.14. The minimum absolute atomic E-state index is 0.0411. The van der Waals surface area contributed by atoms with Crippen molar-refractivity contribution in [2.45, 2.75) is 18.9 Å². The number of carbonyl (C=O) groups is 1. The van der Waals surface area contributed by atoms with Gasteiger partial charge in [0.1, 0.15) is 12.4 Å². The highest BCUT2D eigenvalue weighted by Crippen LogP contribution is 2.37. The first-order valence-corrected chi connectivity index (χ1v) is 8.08. The maximum Gasteiger partial charge on any atom is 0.306 e. The number of aromatic hydroxyl groups is 1. The van der Waals surface area contributed by atoms with Crippen LogP contribution in [0.4, 0.5) is 0 Å². The van der Waals surface area contributed by atoms with Crippen LogP contribution in [0, 0.1) is 0 Å². The van der Waals surface area contributed by atoms with Crippen LogP contribution in [0.5, 0.6) is 17.2 Å². The Morgan fingerprint density at radius 1 is 1.11 bits per heavy atom. The number of hydrogen-bond acceptors (Lipinski definition) is 8. The van der Waals surface area contributed by atoms with E-state index in [1.165, 1.54) is 28.4 Å². The van der Waals surface area contributed by atoms with Gasteiger partial charge in [-0.15, -0.1) is 0 Å². The predicted molar refractivity (Wildman–Crippen MR) is 95.4 cm³/mol. The Kier molecular flexibility index (Phi) is 6.84. The minimum Gasteiger partial charge on any atom is -0.502 e. The first-order chi connectivity index (χ1) is 12.9. The van der Waals surface area contributed by atoms with Gasteiger partial charge in [-0.25, -0.2) is 0 Å². The normalized spacial score (nSPS) is 11.7. The summed E-state index contributed by atoms with van der Waals surface area (Å²) in [4.78, 5) is 24.1. The molecule has 1 heterocycles. The fourth-order valence-corrected chi connectivity index (χ4v) is 2.69. The zero-order chi connectivity index (χ0) is 20.0. The maximum atomic E-state index is 12.1. The third-order valence-electron chi connectivity index (χ3n) is 4.01. The van der Waals surface area contributed by atoms with Gasteiger partial charge in [0.05, 0.1) is 33.7 Å². The third kappa shape index (κ3) is 4.59. The Bertz CT molecular complexity index is 855. The van der Waals surface area contributed by atoms with Gasteiger partial charge in [0.2, 0.25) is 11.2 Å². The van der Waals surface area contributed by atoms with Gasteiger partial charge in [-0.1, -0.05) is 6.07 Å². The molecule has 8 nitrogen and oxygen atoms in total. The zero-order valence-corrected chi connectivity index (χ0v) is 15.6. The summed E-state index contributed by atoms with van der Waals surface area (Å²) in [6.07, 6.45) is -0.154. The summed E-state index contributed by atoms with van der Waals surface area (Å²) in [6, 6.07) is 6.14. The summed E-state index contributed by atoms with van der Waals surface area (Å²) in [6.45, 7) is 0.0411. The van der Waals surface area contributed by atoms with Crippen LogP contribution in [0.25, 0.3) is 0 Å². The molecule has 0 bridgehead atoms. The number of carbonyl (C=O) groups excluding carboxylic acids is 1. The molecule has 0 aliphatic rings. The van der Waals surface area contributed by atoms with Gasteiger partial charge in [-0.3, -0.25) is 9.59 Å². The second-order valence-corrected chi connectivity index (χ2v) is 5.67. The molecule has 0 unspecified atom stereocenters. The van der Waals surface area contributed by atoms with Crippen LogP contribution in [0.1, 0.15) is 29.4 Å². The molecule has 0 saturated carbocycles. The van der Waals surface area contributed by atoms with E-state index in [4.69, 9.17) is 23.4 Å². The molecule has 146 valence electrons. The Labute approximate surface area is 156 Å². The van der Waals surface area contributed by atoms with Crippen molar-refractivity contribution >= 4 is 5.97 Å². The molecule has 0 aliphatic carbocycles. The van der Waals surface area contributed by atoms with Crippen molar-refractivity contribution in [3.8, 4) is 17.2 Å². The quantitative estimate of drug-likeness (QED) is 0.697. The van der Waals surface area contributed by atoms with Crippen LogP contribution >= 0.6 is 0 Å². The summed E-state index contributed by atoms with van der Waals surface area (Å²) < 4.78 is 25.9. The van der Waals surface area contributed by atoms with E-state index in [1.54, 1.807) is 18.2 Å². The first-order valence-electron chi connectivity index (χ1n) is 8.08. The number of ether oxygens (including phenoxy) is 4. The topological polar surface area (TPSA) is 104 Å². The molecule has 2 aromatic rings. The lowest BCUT2D eigenvalue weighted by atomic mass is 9.92. The van der Waals surface area contributed by atoms with E-state index in [0.717, 1.165) is 6.07 Å². The van der Waals surface area contributed by atoms with Crippen molar-refractivity contribution in [3.05, 3.63) is 51.6 Å². The molecule has 1 N–H and O–H groups in total. The molecule has 0 fully saturated rings. The van der Waals surface area contributed by atoms with Crippen LogP contribution in [0.3, 0.4) is 0 Å². The molecule has 0 radical (unpaired) electrons. The molecule has 27 heavy (non-hydrogen) atoms. The van der Waals surface area contributed by atoms with Gasteiger partial charge in [-0.2, -0.15) is 0 Å². The summed E-state index contributed by atoms with van der Waals surface area (Å²) in [5.41, 5.74) is -0.0512. The molecule has 0 amide bonds. The van der Waals surface area contributed by atoms with Crippen LogP contribution in [-0.2, 0) is 20.9 Å². The fourth-order valence-electron chi connectivity index (χ4n) is 2.69. The molecule has 8 heteroatoms. The maximum absolute atomic E-state index is 12.1. The average molecular weight is 378 g/mol. The number of rotatable bonds is 8. The summed E-state index contributed by atoms with van der Waals surface area (Å²) >= 11 is 0. The average Bonchev–Trinajstić information content (AvgIpc) is 2.68. The molecule has 1 aromatic heterocycles. The Morgan fingerprint density at radius 2 is 1.81 bits per heavy atom. The van der Waals surface area contributed by atoms with Crippen molar-refractivity contribution in [1.82, 2.24) is 0 Å². The van der Waals surface area contributed by atoms with Gasteiger partial charge < -0.3 is 28.5 Å². The Morgan fingerprint density at radius 3 is 2.41 bits per heavy atom. The number of esters is 1. The van der Waals surface area contributed by atoms with E-state index in [1.807, 2.05) is 0 Å². The molecule has 0 spiro atoms. The summed E-state index contributed by atoms with van der Waals surface area (Å²) in [5.74, 6) is -0.774. The molecule has 2 rings (SSSR count). The van der Waals surface area contributed by atoms with Crippen LogP contribution in [-0.4, -0.2) is 39.5 Å². The first kappa shape index (κ1) is 20.3. The summed E-state index contributed by atoms with van der Waals surface area (Å²) in [5, 5.41) is 10.3. The highest BCUT2D eigenvalue weighted by molar-refractivity contribution is 5.71. The van der Waals surface area contributed by atoms with Crippen molar-refractivity contribution in [2.75, 3.05) is 28.4 Å². The summed E-state index contributed by atoms with van der Waals surface area (Å²) in [7, 11) is 5.69. The van der Waals surface area contributed by atoms with Crippen molar-refractivity contribution in [1.29, 1.82) is 0 Å². The van der Waals surface area contributed by atoms with E-state index in [9.17, 15) is 14.7 Å². The molecular formula is C19H22O8. The van der Waals surface area contributed by atoms with E-state index < -0.39 is 23.1 Å². The fraction of sp³-hybridized carbons (Fsp3) is 0.368. The SMILES string of the molecule is COCc1cc(=O)c(O)c([C@@H](CC(=O)OC)c2ccc(OC)c(OC)c2)o1. The highest BCUT2D eigenvalue weighted by Gasteiger charge is 2.27. The van der Waals surface area contributed by atoms with Crippen molar-refractivity contribution in [2.24, 2.45) is 0 Å². The standard InChI is InChI=1S/C19H22O8/c1-23-10-12-8-14(20)18(22)19(27-12)13(9-17(21)26-4)11-5-6-15(24-2)16(7-11)25-3/h5-8,13,22H,9-10H2,1-4H3/t13-/m0/s1. The van der Waals surface area contributed by atoms with Gasteiger partial charge in [0.25, 0.3) is 0 Å². The second-order valence-electron chi connectivity index (χ2n) is 5.67. The lowest BCUT2D eigenvalue weighted by Gasteiger charge is -2.19. The van der Waals surface area contributed by atoms with E-state index in [-0.39, 0.29) is 24.5 Å². The second kappa shape index (κ2) is 9.09. The van der Waals surface area contributed by atoms with Gasteiger partial charge in [0, 0.05) is 13.2 Å². The number of methoxy groups -OCH3 is 4. The highest BCUT2D eigenvalue weighted by atomic mass is 16.5. The monoisotopic (exact) mass is 378 g/mol. The van der Waals surface area contributed by atoms with Crippen LogP contribution in [0.2, 0.25) is 0 Å². The smallest absolute Gasteiger partial charge is 0.306 e. The third-order valence-corrected chi connectivity index (χ3v) is 4.01. The molecule has 0 saturated heterocycles. The van der Waals surface area contributed by atoms with Crippen LogP contribution < -0.4 is 14.9 Å². The van der Waals surface area contributed by atoms with E-state index in [0.29, 0.717) is 17.1 Å². The van der Waals surface area contributed by atoms with Crippen molar-refractivity contribution in [3.63, 3.8) is 0 Å².